The number of hydrogen-bond acceptors (Lipinski definition) is 3. The number of likely N-dealkylation sites (tertiary alicyclic amines) is 1. The van der Waals surface area contributed by atoms with E-state index in [2.05, 4.69) is 17.4 Å². The molecule has 1 aliphatic rings. The Morgan fingerprint density at radius 3 is 2.19 bits per heavy atom. The molecular formula is C27H28N2O3. The number of ether oxygens (including phenoxy) is 1. The Hall–Kier alpha value is -3.60. The Bertz CT molecular complexity index is 1040. The van der Waals surface area contributed by atoms with Crippen molar-refractivity contribution >= 4 is 17.5 Å². The van der Waals surface area contributed by atoms with E-state index >= 15 is 0 Å². The zero-order valence-corrected chi connectivity index (χ0v) is 18.2. The summed E-state index contributed by atoms with van der Waals surface area (Å²) in [5, 5.41) is 2.92. The van der Waals surface area contributed by atoms with Gasteiger partial charge < -0.3 is 15.0 Å². The van der Waals surface area contributed by atoms with Crippen molar-refractivity contribution in [1.29, 1.82) is 0 Å². The number of carbonyl (C=O) groups is 2. The van der Waals surface area contributed by atoms with Crippen LogP contribution < -0.4 is 10.1 Å². The van der Waals surface area contributed by atoms with Crippen LogP contribution in [0.5, 0.6) is 5.75 Å². The molecule has 164 valence electrons. The lowest BCUT2D eigenvalue weighted by Gasteiger charge is -2.16. The highest BCUT2D eigenvalue weighted by Gasteiger charge is 2.41. The number of amides is 2. The van der Waals surface area contributed by atoms with Gasteiger partial charge in [0, 0.05) is 25.2 Å². The lowest BCUT2D eigenvalue weighted by atomic mass is 9.87. The number of benzene rings is 3. The summed E-state index contributed by atoms with van der Waals surface area (Å²) in [5.41, 5.74) is 2.98. The number of carbonyl (C=O) groups excluding carboxylic acids is 2. The van der Waals surface area contributed by atoms with Crippen LogP contribution in [0, 0.1) is 11.8 Å². The van der Waals surface area contributed by atoms with Crippen molar-refractivity contribution in [3.05, 3.63) is 96.1 Å². The summed E-state index contributed by atoms with van der Waals surface area (Å²) in [6.45, 7) is 1.23. The average Bonchev–Trinajstić information content (AvgIpc) is 3.09. The first-order chi connectivity index (χ1) is 15.6. The normalized spacial score (nSPS) is 17.9. The van der Waals surface area contributed by atoms with Crippen LogP contribution in [-0.2, 0) is 22.6 Å². The van der Waals surface area contributed by atoms with Gasteiger partial charge >= 0.3 is 0 Å². The predicted octanol–water partition coefficient (Wildman–Crippen LogP) is 4.54. The maximum absolute atomic E-state index is 13.3. The minimum atomic E-state index is -0.336. The fraction of sp³-hybridized carbons (Fsp3) is 0.259. The van der Waals surface area contributed by atoms with Gasteiger partial charge in [-0.2, -0.15) is 0 Å². The van der Waals surface area contributed by atoms with Crippen molar-refractivity contribution in [3.8, 4) is 5.75 Å². The summed E-state index contributed by atoms with van der Waals surface area (Å²) in [6.07, 6.45) is 0.950. The Balaban J connectivity index is 1.47. The van der Waals surface area contributed by atoms with Crippen LogP contribution in [0.2, 0.25) is 0 Å². The van der Waals surface area contributed by atoms with Crippen LogP contribution in [0.4, 0.5) is 5.69 Å². The summed E-state index contributed by atoms with van der Waals surface area (Å²) >= 11 is 0. The van der Waals surface area contributed by atoms with Gasteiger partial charge in [0.15, 0.2) is 0 Å². The molecule has 0 radical (unpaired) electrons. The SMILES string of the molecule is COc1ccc(NC(=O)CC2C(=O)N(Cc3ccccc3)CC2Cc2ccccc2)cc1. The monoisotopic (exact) mass is 428 g/mol. The summed E-state index contributed by atoms with van der Waals surface area (Å²) in [7, 11) is 1.60. The molecule has 3 aromatic rings. The van der Waals surface area contributed by atoms with Crippen LogP contribution in [0.1, 0.15) is 17.5 Å². The number of anilines is 1. The number of nitrogens with zero attached hydrogens (tertiary/aromatic N) is 1. The Morgan fingerprint density at radius 1 is 0.938 bits per heavy atom. The molecule has 5 heteroatoms. The van der Waals surface area contributed by atoms with E-state index in [1.165, 1.54) is 5.56 Å². The van der Waals surface area contributed by atoms with Gasteiger partial charge in [-0.05, 0) is 47.7 Å². The summed E-state index contributed by atoms with van der Waals surface area (Å²) < 4.78 is 5.16. The van der Waals surface area contributed by atoms with E-state index in [4.69, 9.17) is 4.74 Å². The quantitative estimate of drug-likeness (QED) is 0.573. The van der Waals surface area contributed by atoms with Crippen molar-refractivity contribution < 1.29 is 14.3 Å². The van der Waals surface area contributed by atoms with Crippen molar-refractivity contribution in [2.75, 3.05) is 19.0 Å². The number of methoxy groups -OCH3 is 1. The second-order valence-corrected chi connectivity index (χ2v) is 8.24. The molecule has 1 heterocycles. The minimum absolute atomic E-state index is 0.0552. The zero-order chi connectivity index (χ0) is 22.3. The molecule has 2 unspecified atom stereocenters. The molecule has 1 aliphatic heterocycles. The summed E-state index contributed by atoms with van der Waals surface area (Å²) in [6, 6.07) is 27.4. The number of rotatable bonds is 8. The van der Waals surface area contributed by atoms with E-state index in [1.807, 2.05) is 53.4 Å². The molecule has 1 fully saturated rings. The van der Waals surface area contributed by atoms with E-state index in [-0.39, 0.29) is 30.1 Å². The van der Waals surface area contributed by atoms with E-state index < -0.39 is 0 Å². The van der Waals surface area contributed by atoms with Crippen LogP contribution >= 0.6 is 0 Å². The average molecular weight is 429 g/mol. The van der Waals surface area contributed by atoms with Gasteiger partial charge in [0.05, 0.1) is 13.0 Å². The topological polar surface area (TPSA) is 58.6 Å². The Labute approximate surface area is 189 Å². The predicted molar refractivity (Wildman–Crippen MR) is 125 cm³/mol. The number of hydrogen-bond donors (Lipinski definition) is 1. The molecule has 2 amide bonds. The fourth-order valence-corrected chi connectivity index (χ4v) is 4.35. The van der Waals surface area contributed by atoms with Gasteiger partial charge in [-0.15, -0.1) is 0 Å². The summed E-state index contributed by atoms with van der Waals surface area (Å²) in [4.78, 5) is 28.0. The molecule has 3 aromatic carbocycles. The zero-order valence-electron chi connectivity index (χ0n) is 18.2. The second kappa shape index (κ2) is 10.1. The lowest BCUT2D eigenvalue weighted by molar-refractivity contribution is -0.133. The molecule has 1 saturated heterocycles. The molecule has 32 heavy (non-hydrogen) atoms. The van der Waals surface area contributed by atoms with Crippen molar-refractivity contribution in [1.82, 2.24) is 4.90 Å². The molecule has 4 rings (SSSR count). The fourth-order valence-electron chi connectivity index (χ4n) is 4.35. The molecule has 0 aromatic heterocycles. The van der Waals surface area contributed by atoms with Crippen molar-refractivity contribution in [2.45, 2.75) is 19.4 Å². The molecule has 1 N–H and O–H groups in total. The highest BCUT2D eigenvalue weighted by atomic mass is 16.5. The standard InChI is InChI=1S/C27H28N2O3/c1-32-24-14-12-23(13-15-24)28-26(30)17-25-22(16-20-8-4-2-5-9-20)19-29(27(25)31)18-21-10-6-3-7-11-21/h2-15,22,25H,16-19H2,1H3,(H,28,30). The third-order valence-corrected chi connectivity index (χ3v) is 5.99. The third-order valence-electron chi connectivity index (χ3n) is 5.99. The molecule has 0 aliphatic carbocycles. The van der Waals surface area contributed by atoms with Crippen molar-refractivity contribution in [2.24, 2.45) is 11.8 Å². The number of nitrogens with one attached hydrogen (secondary N) is 1. The van der Waals surface area contributed by atoms with Crippen LogP contribution in [0.15, 0.2) is 84.9 Å². The van der Waals surface area contributed by atoms with Gasteiger partial charge in [-0.25, -0.2) is 0 Å². The first kappa shape index (κ1) is 21.6. The maximum atomic E-state index is 13.3. The van der Waals surface area contributed by atoms with E-state index in [1.54, 1.807) is 31.4 Å². The van der Waals surface area contributed by atoms with Gasteiger partial charge in [0.1, 0.15) is 5.75 Å². The lowest BCUT2D eigenvalue weighted by Crippen LogP contribution is -2.29. The maximum Gasteiger partial charge on any atom is 0.226 e. The largest absolute Gasteiger partial charge is 0.497 e. The van der Waals surface area contributed by atoms with E-state index in [0.29, 0.717) is 18.8 Å². The third kappa shape index (κ3) is 5.35. The Kier molecular flexibility index (Phi) is 6.85. The first-order valence-electron chi connectivity index (χ1n) is 10.9. The minimum Gasteiger partial charge on any atom is -0.497 e. The molecule has 5 nitrogen and oxygen atoms in total. The van der Waals surface area contributed by atoms with Crippen LogP contribution in [0.3, 0.4) is 0 Å². The molecular weight excluding hydrogens is 400 g/mol. The van der Waals surface area contributed by atoms with E-state index in [9.17, 15) is 9.59 Å². The summed E-state index contributed by atoms with van der Waals surface area (Å²) in [5.74, 6) is 0.397. The molecule has 0 saturated carbocycles. The highest BCUT2D eigenvalue weighted by Crippen LogP contribution is 2.32. The first-order valence-corrected chi connectivity index (χ1v) is 10.9. The van der Waals surface area contributed by atoms with Gasteiger partial charge in [0.25, 0.3) is 0 Å². The van der Waals surface area contributed by atoms with Gasteiger partial charge in [-0.3, -0.25) is 9.59 Å². The Morgan fingerprint density at radius 2 is 1.56 bits per heavy atom. The van der Waals surface area contributed by atoms with Gasteiger partial charge in [0.2, 0.25) is 11.8 Å². The van der Waals surface area contributed by atoms with Crippen LogP contribution in [-0.4, -0.2) is 30.4 Å². The second-order valence-electron chi connectivity index (χ2n) is 8.24. The molecule has 0 spiro atoms. The molecule has 2 atom stereocenters. The molecule has 0 bridgehead atoms. The smallest absolute Gasteiger partial charge is 0.226 e. The van der Waals surface area contributed by atoms with Crippen molar-refractivity contribution in [3.63, 3.8) is 0 Å². The van der Waals surface area contributed by atoms with Crippen LogP contribution in [0.25, 0.3) is 0 Å². The van der Waals surface area contributed by atoms with E-state index in [0.717, 1.165) is 17.7 Å². The highest BCUT2D eigenvalue weighted by molar-refractivity contribution is 5.94. The van der Waals surface area contributed by atoms with Gasteiger partial charge in [-0.1, -0.05) is 60.7 Å².